The summed E-state index contributed by atoms with van der Waals surface area (Å²) in [5.74, 6) is 2.77. The molecule has 0 fully saturated rings. The molecule has 116 valence electrons. The first-order valence-corrected chi connectivity index (χ1v) is 7.25. The van der Waals surface area contributed by atoms with Crippen LogP contribution in [0.15, 0.2) is 24.5 Å². The van der Waals surface area contributed by atoms with Gasteiger partial charge in [0.05, 0.1) is 0 Å². The molecule has 0 unspecified atom stereocenters. The Morgan fingerprint density at radius 1 is 1.18 bits per heavy atom. The molecule has 0 saturated heterocycles. The van der Waals surface area contributed by atoms with Crippen LogP contribution in [-0.2, 0) is 0 Å². The van der Waals surface area contributed by atoms with Crippen molar-refractivity contribution < 1.29 is 9.47 Å². The molecule has 1 aliphatic rings. The van der Waals surface area contributed by atoms with Crippen molar-refractivity contribution in [2.45, 2.75) is 13.8 Å². The summed E-state index contributed by atoms with van der Waals surface area (Å²) in [6.45, 7) is 6.05. The molecule has 7 nitrogen and oxygen atoms in total. The number of nitrogen functional groups attached to an aromatic ring is 1. The van der Waals surface area contributed by atoms with E-state index in [4.69, 9.17) is 15.2 Å². The van der Waals surface area contributed by atoms with Crippen LogP contribution >= 0.6 is 0 Å². The van der Waals surface area contributed by atoms with Crippen molar-refractivity contribution in [1.82, 2.24) is 9.97 Å². The number of rotatable bonds is 5. The Labute approximate surface area is 129 Å². The maximum absolute atomic E-state index is 6.21. The first kappa shape index (κ1) is 14.2. The zero-order chi connectivity index (χ0) is 15.5. The molecule has 0 amide bonds. The van der Waals surface area contributed by atoms with Gasteiger partial charge in [-0.25, -0.2) is 9.97 Å². The Morgan fingerprint density at radius 3 is 2.73 bits per heavy atom. The largest absolute Gasteiger partial charge is 0.454 e. The summed E-state index contributed by atoms with van der Waals surface area (Å²) < 4.78 is 10.7. The second-order valence-corrected chi connectivity index (χ2v) is 4.82. The van der Waals surface area contributed by atoms with Gasteiger partial charge >= 0.3 is 0 Å². The molecule has 7 heteroatoms. The summed E-state index contributed by atoms with van der Waals surface area (Å²) in [6.07, 6.45) is 1.51. The first-order chi connectivity index (χ1) is 10.7. The number of benzene rings is 1. The predicted octanol–water partition coefficient (Wildman–Crippen LogP) is 2.38. The van der Waals surface area contributed by atoms with Gasteiger partial charge in [0, 0.05) is 24.8 Å². The number of ether oxygens (including phenoxy) is 2. The number of nitrogens with two attached hydrogens (primary N) is 1. The zero-order valence-corrected chi connectivity index (χ0v) is 12.7. The van der Waals surface area contributed by atoms with E-state index in [-0.39, 0.29) is 6.79 Å². The highest BCUT2D eigenvalue weighted by atomic mass is 16.7. The Morgan fingerprint density at radius 2 is 1.95 bits per heavy atom. The van der Waals surface area contributed by atoms with E-state index in [2.05, 4.69) is 34.0 Å². The fourth-order valence-corrected chi connectivity index (χ4v) is 2.37. The van der Waals surface area contributed by atoms with E-state index in [1.165, 1.54) is 6.33 Å². The molecule has 1 aromatic carbocycles. The summed E-state index contributed by atoms with van der Waals surface area (Å²) in [5.41, 5.74) is 7.58. The van der Waals surface area contributed by atoms with E-state index in [9.17, 15) is 0 Å². The molecule has 2 heterocycles. The van der Waals surface area contributed by atoms with E-state index >= 15 is 0 Å². The van der Waals surface area contributed by atoms with Crippen LogP contribution in [0.4, 0.5) is 23.0 Å². The van der Waals surface area contributed by atoms with E-state index in [1.807, 2.05) is 18.2 Å². The normalized spacial score (nSPS) is 12.3. The van der Waals surface area contributed by atoms with Gasteiger partial charge in [-0.2, -0.15) is 0 Å². The van der Waals surface area contributed by atoms with Crippen LogP contribution in [0.25, 0.3) is 0 Å². The molecule has 3 rings (SSSR count). The third kappa shape index (κ3) is 2.57. The van der Waals surface area contributed by atoms with Gasteiger partial charge in [0.1, 0.15) is 12.0 Å². The molecule has 2 aromatic rings. The average molecular weight is 301 g/mol. The highest BCUT2D eigenvalue weighted by Crippen LogP contribution is 2.36. The Bertz CT molecular complexity index is 673. The van der Waals surface area contributed by atoms with Crippen molar-refractivity contribution >= 4 is 23.0 Å². The van der Waals surface area contributed by atoms with Crippen LogP contribution in [0.5, 0.6) is 11.5 Å². The quantitative estimate of drug-likeness (QED) is 0.876. The number of aromatic nitrogens is 2. The Kier molecular flexibility index (Phi) is 3.86. The highest BCUT2D eigenvalue weighted by Gasteiger charge is 2.16. The molecule has 0 atom stereocenters. The zero-order valence-electron chi connectivity index (χ0n) is 12.7. The number of anilines is 4. The van der Waals surface area contributed by atoms with Crippen LogP contribution in [0.1, 0.15) is 13.8 Å². The molecular weight excluding hydrogens is 282 g/mol. The van der Waals surface area contributed by atoms with Crippen LogP contribution in [0.2, 0.25) is 0 Å². The lowest BCUT2D eigenvalue weighted by Gasteiger charge is -2.22. The summed E-state index contributed by atoms with van der Waals surface area (Å²) in [5, 5.41) is 3.21. The molecule has 0 saturated carbocycles. The predicted molar refractivity (Wildman–Crippen MR) is 85.9 cm³/mol. The van der Waals surface area contributed by atoms with E-state index in [0.717, 1.165) is 30.3 Å². The Hall–Kier alpha value is -2.70. The number of nitrogens with one attached hydrogen (secondary N) is 1. The summed E-state index contributed by atoms with van der Waals surface area (Å²) in [4.78, 5) is 10.6. The van der Waals surface area contributed by atoms with Gasteiger partial charge in [-0.3, -0.25) is 0 Å². The molecule has 1 aliphatic heterocycles. The molecule has 0 aliphatic carbocycles. The van der Waals surface area contributed by atoms with Gasteiger partial charge < -0.3 is 25.4 Å². The van der Waals surface area contributed by atoms with Gasteiger partial charge in [-0.15, -0.1) is 0 Å². The Balaban J connectivity index is 1.88. The summed E-state index contributed by atoms with van der Waals surface area (Å²) in [7, 11) is 0. The monoisotopic (exact) mass is 301 g/mol. The van der Waals surface area contributed by atoms with Gasteiger partial charge in [-0.05, 0) is 26.0 Å². The number of nitrogens with zero attached hydrogens (tertiary/aromatic N) is 3. The minimum Gasteiger partial charge on any atom is -0.454 e. The summed E-state index contributed by atoms with van der Waals surface area (Å²) >= 11 is 0. The topological polar surface area (TPSA) is 85.5 Å². The van der Waals surface area contributed by atoms with Crippen LogP contribution in [0.3, 0.4) is 0 Å². The van der Waals surface area contributed by atoms with Gasteiger partial charge in [-0.1, -0.05) is 0 Å². The van der Waals surface area contributed by atoms with Crippen LogP contribution < -0.4 is 25.4 Å². The maximum Gasteiger partial charge on any atom is 0.231 e. The van der Waals surface area contributed by atoms with Gasteiger partial charge in [0.2, 0.25) is 6.79 Å². The van der Waals surface area contributed by atoms with E-state index < -0.39 is 0 Å². The van der Waals surface area contributed by atoms with E-state index in [1.54, 1.807) is 0 Å². The lowest BCUT2D eigenvalue weighted by Crippen LogP contribution is -2.24. The van der Waals surface area contributed by atoms with Crippen molar-refractivity contribution in [2.75, 3.05) is 35.8 Å². The minimum atomic E-state index is 0.251. The van der Waals surface area contributed by atoms with E-state index in [0.29, 0.717) is 17.3 Å². The number of fused-ring (bicyclic) bond motifs is 1. The molecule has 1 aromatic heterocycles. The number of hydrogen-bond acceptors (Lipinski definition) is 7. The van der Waals surface area contributed by atoms with Crippen molar-refractivity contribution in [2.24, 2.45) is 0 Å². The van der Waals surface area contributed by atoms with Crippen molar-refractivity contribution in [3.8, 4) is 11.5 Å². The molecule has 22 heavy (non-hydrogen) atoms. The molecule has 3 N–H and O–H groups in total. The second kappa shape index (κ2) is 5.97. The average Bonchev–Trinajstić information content (AvgIpc) is 2.99. The van der Waals surface area contributed by atoms with Crippen molar-refractivity contribution in [3.05, 3.63) is 24.5 Å². The van der Waals surface area contributed by atoms with Crippen molar-refractivity contribution in [1.29, 1.82) is 0 Å². The smallest absolute Gasteiger partial charge is 0.231 e. The maximum atomic E-state index is 6.21. The van der Waals surface area contributed by atoms with Crippen LogP contribution in [0, 0.1) is 0 Å². The fraction of sp³-hybridized carbons (Fsp3) is 0.333. The molecular formula is C15H19N5O2. The lowest BCUT2D eigenvalue weighted by molar-refractivity contribution is 0.174. The minimum absolute atomic E-state index is 0.251. The third-order valence-corrected chi connectivity index (χ3v) is 3.56. The SMILES string of the molecule is CCN(CC)c1ncnc(Nc2ccc3c(c2)OCO3)c1N. The highest BCUT2D eigenvalue weighted by molar-refractivity contribution is 5.78. The first-order valence-electron chi connectivity index (χ1n) is 7.25. The molecule has 0 radical (unpaired) electrons. The van der Waals surface area contributed by atoms with Gasteiger partial charge in [0.25, 0.3) is 0 Å². The molecule has 0 spiro atoms. The number of hydrogen-bond donors (Lipinski definition) is 2. The third-order valence-electron chi connectivity index (χ3n) is 3.56. The van der Waals surface area contributed by atoms with Gasteiger partial charge in [0.15, 0.2) is 23.1 Å². The fourth-order valence-electron chi connectivity index (χ4n) is 2.37. The van der Waals surface area contributed by atoms with Crippen LogP contribution in [-0.4, -0.2) is 29.9 Å². The summed E-state index contributed by atoms with van der Waals surface area (Å²) in [6, 6.07) is 5.61. The second-order valence-electron chi connectivity index (χ2n) is 4.82. The van der Waals surface area contributed by atoms with Crippen molar-refractivity contribution in [3.63, 3.8) is 0 Å². The standard InChI is InChI=1S/C15H19N5O2/c1-3-20(4-2)15-13(16)14(17-8-18-15)19-10-5-6-11-12(7-10)22-9-21-11/h5-8H,3-4,9,16H2,1-2H3,(H,17,18,19). The lowest BCUT2D eigenvalue weighted by atomic mass is 10.2. The molecule has 0 bridgehead atoms.